The lowest BCUT2D eigenvalue weighted by atomic mass is 10.1. The van der Waals surface area contributed by atoms with Crippen LogP contribution in [-0.4, -0.2) is 31.7 Å². The van der Waals surface area contributed by atoms with Gasteiger partial charge in [-0.1, -0.05) is 64.7 Å². The Bertz CT molecular complexity index is 226. The van der Waals surface area contributed by atoms with Crippen molar-refractivity contribution in [1.29, 1.82) is 0 Å². The Labute approximate surface area is 118 Å². The third-order valence-electron chi connectivity index (χ3n) is 4.13. The van der Waals surface area contributed by atoms with Crippen LogP contribution in [0.2, 0.25) is 0 Å². The molecule has 2 rings (SSSR count). The average Bonchev–Trinajstić information content (AvgIpc) is 2.99. The first kappa shape index (κ1) is 15.3. The molecule has 0 amide bonds. The summed E-state index contributed by atoms with van der Waals surface area (Å²) in [6.07, 6.45) is 14.2. The van der Waals surface area contributed by atoms with Crippen LogP contribution in [0.3, 0.4) is 0 Å². The molecule has 2 aliphatic rings. The monoisotopic (exact) mass is 270 g/mol. The molecule has 2 aliphatic heterocycles. The van der Waals surface area contributed by atoms with E-state index in [1.807, 2.05) is 0 Å². The van der Waals surface area contributed by atoms with Crippen LogP contribution >= 0.6 is 0 Å². The molecule has 0 spiro atoms. The fourth-order valence-corrected chi connectivity index (χ4v) is 2.85. The van der Waals surface area contributed by atoms with Crippen LogP contribution in [-0.2, 0) is 14.2 Å². The summed E-state index contributed by atoms with van der Waals surface area (Å²) in [6.45, 7) is 3.74. The van der Waals surface area contributed by atoms with Crippen LogP contribution in [0.1, 0.15) is 71.1 Å². The third kappa shape index (κ3) is 5.80. The molecular weight excluding hydrogens is 240 g/mol. The summed E-state index contributed by atoms with van der Waals surface area (Å²) >= 11 is 0. The maximum Gasteiger partial charge on any atom is 0.186 e. The van der Waals surface area contributed by atoms with Crippen molar-refractivity contribution in [3.63, 3.8) is 0 Å². The van der Waals surface area contributed by atoms with Gasteiger partial charge >= 0.3 is 0 Å². The van der Waals surface area contributed by atoms with Gasteiger partial charge in [-0.2, -0.15) is 0 Å². The van der Waals surface area contributed by atoms with Gasteiger partial charge < -0.3 is 14.2 Å². The minimum absolute atomic E-state index is 0.0661. The van der Waals surface area contributed by atoms with Gasteiger partial charge in [-0.05, 0) is 6.42 Å². The van der Waals surface area contributed by atoms with Crippen molar-refractivity contribution >= 4 is 0 Å². The average molecular weight is 270 g/mol. The Morgan fingerprint density at radius 1 is 0.789 bits per heavy atom. The first-order chi connectivity index (χ1) is 9.42. The topological polar surface area (TPSA) is 31.0 Å². The molecule has 2 atom stereocenters. The van der Waals surface area contributed by atoms with Crippen LogP contribution in [0.5, 0.6) is 0 Å². The van der Waals surface area contributed by atoms with Crippen molar-refractivity contribution in [2.45, 2.75) is 89.6 Å². The number of hydrogen-bond donors (Lipinski definition) is 0. The Kier molecular flexibility index (Phi) is 7.18. The smallest absolute Gasteiger partial charge is 0.186 e. The number of ether oxygens (including phenoxy) is 3. The van der Waals surface area contributed by atoms with Crippen LogP contribution in [0.15, 0.2) is 0 Å². The zero-order valence-corrected chi connectivity index (χ0v) is 12.4. The number of epoxide rings is 1. The fourth-order valence-electron chi connectivity index (χ4n) is 2.85. The van der Waals surface area contributed by atoms with Gasteiger partial charge in [0.2, 0.25) is 0 Å². The standard InChI is InChI=1S/C16H30O3/c1-2-3-4-5-6-7-8-9-10-11-14-15(19-14)16-17-12-13-18-16/h14-16H,2-13H2,1H3. The largest absolute Gasteiger partial charge is 0.364 e. The Morgan fingerprint density at radius 2 is 1.37 bits per heavy atom. The van der Waals surface area contributed by atoms with Gasteiger partial charge in [0.05, 0.1) is 19.3 Å². The summed E-state index contributed by atoms with van der Waals surface area (Å²) < 4.78 is 16.5. The van der Waals surface area contributed by atoms with Gasteiger partial charge in [0.25, 0.3) is 0 Å². The summed E-state index contributed by atoms with van der Waals surface area (Å²) in [4.78, 5) is 0. The lowest BCUT2D eigenvalue weighted by Gasteiger charge is -2.04. The van der Waals surface area contributed by atoms with E-state index in [0.717, 1.165) is 13.2 Å². The lowest BCUT2D eigenvalue weighted by molar-refractivity contribution is -0.0590. The van der Waals surface area contributed by atoms with E-state index in [4.69, 9.17) is 14.2 Å². The Morgan fingerprint density at radius 3 is 2.00 bits per heavy atom. The summed E-state index contributed by atoms with van der Waals surface area (Å²) in [6, 6.07) is 0. The molecule has 0 saturated carbocycles. The molecule has 2 saturated heterocycles. The van der Waals surface area contributed by atoms with Crippen LogP contribution in [0.25, 0.3) is 0 Å². The summed E-state index contributed by atoms with van der Waals surface area (Å²) in [5, 5.41) is 0. The van der Waals surface area contributed by atoms with E-state index < -0.39 is 0 Å². The highest BCUT2D eigenvalue weighted by Crippen LogP contribution is 2.33. The fraction of sp³-hybridized carbons (Fsp3) is 1.00. The van der Waals surface area contributed by atoms with Crippen molar-refractivity contribution in [2.75, 3.05) is 13.2 Å². The first-order valence-electron chi connectivity index (χ1n) is 8.30. The lowest BCUT2D eigenvalue weighted by Crippen LogP contribution is -2.17. The second-order valence-corrected chi connectivity index (χ2v) is 5.87. The Hall–Kier alpha value is -0.120. The van der Waals surface area contributed by atoms with Gasteiger partial charge in [0, 0.05) is 0 Å². The van der Waals surface area contributed by atoms with Crippen molar-refractivity contribution in [3.05, 3.63) is 0 Å². The molecule has 0 aromatic rings. The minimum atomic E-state index is -0.0661. The molecule has 0 radical (unpaired) electrons. The molecule has 2 fully saturated rings. The van der Waals surface area contributed by atoms with Crippen molar-refractivity contribution < 1.29 is 14.2 Å². The predicted octanol–water partition coefficient (Wildman–Crippen LogP) is 4.05. The molecule has 3 nitrogen and oxygen atoms in total. The van der Waals surface area contributed by atoms with E-state index >= 15 is 0 Å². The SMILES string of the molecule is CCCCCCCCCCCC1OC1C1OCCO1. The number of unbranched alkanes of at least 4 members (excludes halogenated alkanes) is 8. The highest BCUT2D eigenvalue weighted by molar-refractivity contribution is 4.88. The molecule has 19 heavy (non-hydrogen) atoms. The maximum absolute atomic E-state index is 5.62. The quantitative estimate of drug-likeness (QED) is 0.419. The molecule has 0 aliphatic carbocycles. The zero-order valence-electron chi connectivity index (χ0n) is 12.4. The summed E-state index contributed by atoms with van der Waals surface area (Å²) in [5.41, 5.74) is 0. The van der Waals surface area contributed by atoms with E-state index in [0.29, 0.717) is 6.10 Å². The van der Waals surface area contributed by atoms with Gasteiger partial charge in [-0.15, -0.1) is 0 Å². The maximum atomic E-state index is 5.62. The van der Waals surface area contributed by atoms with Gasteiger partial charge in [-0.25, -0.2) is 0 Å². The molecule has 112 valence electrons. The first-order valence-corrected chi connectivity index (χ1v) is 8.30. The van der Waals surface area contributed by atoms with E-state index in [9.17, 15) is 0 Å². The number of rotatable bonds is 11. The normalized spacial score (nSPS) is 27.0. The van der Waals surface area contributed by atoms with Crippen molar-refractivity contribution in [1.82, 2.24) is 0 Å². The molecule has 2 unspecified atom stereocenters. The molecule has 0 aromatic heterocycles. The van der Waals surface area contributed by atoms with Crippen molar-refractivity contribution in [3.8, 4) is 0 Å². The van der Waals surface area contributed by atoms with E-state index in [2.05, 4.69) is 6.92 Å². The second kappa shape index (κ2) is 8.93. The molecular formula is C16H30O3. The van der Waals surface area contributed by atoms with E-state index in [-0.39, 0.29) is 12.4 Å². The van der Waals surface area contributed by atoms with Gasteiger partial charge in [0.1, 0.15) is 6.10 Å². The molecule has 0 aromatic carbocycles. The van der Waals surface area contributed by atoms with Crippen LogP contribution in [0.4, 0.5) is 0 Å². The molecule has 0 bridgehead atoms. The summed E-state index contributed by atoms with van der Waals surface area (Å²) in [7, 11) is 0. The zero-order chi connectivity index (χ0) is 13.3. The highest BCUT2D eigenvalue weighted by Gasteiger charge is 2.47. The van der Waals surface area contributed by atoms with E-state index in [1.54, 1.807) is 0 Å². The molecule has 2 heterocycles. The molecule has 3 heteroatoms. The van der Waals surface area contributed by atoms with Crippen molar-refractivity contribution in [2.24, 2.45) is 0 Å². The summed E-state index contributed by atoms with van der Waals surface area (Å²) in [5.74, 6) is 0. The highest BCUT2D eigenvalue weighted by atomic mass is 16.8. The van der Waals surface area contributed by atoms with Crippen LogP contribution < -0.4 is 0 Å². The van der Waals surface area contributed by atoms with Crippen LogP contribution in [0, 0.1) is 0 Å². The second-order valence-electron chi connectivity index (χ2n) is 5.87. The predicted molar refractivity (Wildman–Crippen MR) is 76.2 cm³/mol. The molecule has 0 N–H and O–H groups in total. The van der Waals surface area contributed by atoms with Gasteiger partial charge in [-0.3, -0.25) is 0 Å². The third-order valence-corrected chi connectivity index (χ3v) is 4.13. The van der Waals surface area contributed by atoms with Gasteiger partial charge in [0.15, 0.2) is 6.29 Å². The van der Waals surface area contributed by atoms with E-state index in [1.165, 1.54) is 64.2 Å². The number of hydrogen-bond acceptors (Lipinski definition) is 3. The minimum Gasteiger partial charge on any atom is -0.364 e. The Balaban J connectivity index is 1.33.